The molecule has 19 heavy (non-hydrogen) atoms. The van der Waals surface area contributed by atoms with Gasteiger partial charge in [0.1, 0.15) is 12.4 Å². The van der Waals surface area contributed by atoms with Crippen molar-refractivity contribution in [1.29, 1.82) is 0 Å². The number of likely N-dealkylation sites (N-methyl/N-ethyl adjacent to an activating group) is 1. The molecule has 102 valence electrons. The molecule has 0 bridgehead atoms. The van der Waals surface area contributed by atoms with Crippen LogP contribution in [0.1, 0.15) is 18.1 Å². The standard InChI is InChI=1S/C16H22N2O/c1-5-13-7-6-8-14-15(13)17-11-12(2)16(14)19-10-9-18(3)4/h6-8,11H,5,9-10H2,1-4H3. The lowest BCUT2D eigenvalue weighted by atomic mass is 10.1. The first kappa shape index (κ1) is 13.8. The summed E-state index contributed by atoms with van der Waals surface area (Å²) in [5.41, 5.74) is 3.44. The van der Waals surface area contributed by atoms with Crippen molar-refractivity contribution < 1.29 is 4.74 Å². The number of nitrogens with zero attached hydrogens (tertiary/aromatic N) is 2. The number of pyridine rings is 1. The minimum atomic E-state index is 0.698. The molecular formula is C16H22N2O. The zero-order valence-electron chi connectivity index (χ0n) is 12.2. The van der Waals surface area contributed by atoms with Gasteiger partial charge in [0.25, 0.3) is 0 Å². The average molecular weight is 258 g/mol. The van der Waals surface area contributed by atoms with Gasteiger partial charge < -0.3 is 9.64 Å². The number of aromatic nitrogens is 1. The van der Waals surface area contributed by atoms with E-state index in [0.717, 1.165) is 35.2 Å². The molecule has 0 atom stereocenters. The lowest BCUT2D eigenvalue weighted by Crippen LogP contribution is -2.19. The number of aryl methyl sites for hydroxylation is 2. The highest BCUT2D eigenvalue weighted by Gasteiger charge is 2.09. The summed E-state index contributed by atoms with van der Waals surface area (Å²) in [7, 11) is 4.10. The van der Waals surface area contributed by atoms with Crippen LogP contribution in [-0.2, 0) is 6.42 Å². The zero-order valence-corrected chi connectivity index (χ0v) is 12.2. The molecule has 0 aliphatic heterocycles. The molecule has 0 saturated heterocycles. The highest BCUT2D eigenvalue weighted by molar-refractivity contribution is 5.88. The van der Waals surface area contributed by atoms with Crippen LogP contribution in [0.3, 0.4) is 0 Å². The maximum atomic E-state index is 5.98. The second-order valence-electron chi connectivity index (χ2n) is 5.09. The molecule has 0 saturated carbocycles. The van der Waals surface area contributed by atoms with E-state index in [0.29, 0.717) is 6.61 Å². The van der Waals surface area contributed by atoms with Gasteiger partial charge in [0.05, 0.1) is 5.52 Å². The molecule has 1 aromatic carbocycles. The number of ether oxygens (including phenoxy) is 1. The number of hydrogen-bond acceptors (Lipinski definition) is 3. The van der Waals surface area contributed by atoms with Crippen LogP contribution in [0.4, 0.5) is 0 Å². The van der Waals surface area contributed by atoms with Crippen LogP contribution in [0.15, 0.2) is 24.4 Å². The van der Waals surface area contributed by atoms with E-state index in [9.17, 15) is 0 Å². The van der Waals surface area contributed by atoms with Gasteiger partial charge in [-0.1, -0.05) is 19.1 Å². The van der Waals surface area contributed by atoms with Gasteiger partial charge in [0.15, 0.2) is 0 Å². The van der Waals surface area contributed by atoms with Crippen molar-refractivity contribution in [3.63, 3.8) is 0 Å². The van der Waals surface area contributed by atoms with Crippen LogP contribution < -0.4 is 4.74 Å². The van der Waals surface area contributed by atoms with Crippen molar-refractivity contribution in [2.45, 2.75) is 20.3 Å². The molecule has 0 fully saturated rings. The van der Waals surface area contributed by atoms with Crippen LogP contribution in [0.25, 0.3) is 10.9 Å². The maximum absolute atomic E-state index is 5.98. The van der Waals surface area contributed by atoms with Gasteiger partial charge in [-0.2, -0.15) is 0 Å². The molecule has 2 aromatic rings. The average Bonchev–Trinajstić information content (AvgIpc) is 2.40. The fourth-order valence-corrected chi connectivity index (χ4v) is 2.17. The minimum absolute atomic E-state index is 0.698. The van der Waals surface area contributed by atoms with Gasteiger partial charge in [0, 0.05) is 23.7 Å². The maximum Gasteiger partial charge on any atom is 0.133 e. The minimum Gasteiger partial charge on any atom is -0.491 e. The molecule has 1 aromatic heterocycles. The largest absolute Gasteiger partial charge is 0.491 e. The van der Waals surface area contributed by atoms with Gasteiger partial charge in [-0.05, 0) is 39.1 Å². The molecule has 1 heterocycles. The Hall–Kier alpha value is -1.61. The molecule has 2 rings (SSSR count). The number of benzene rings is 1. The Morgan fingerprint density at radius 2 is 2.05 bits per heavy atom. The number of para-hydroxylation sites is 1. The predicted octanol–water partition coefficient (Wildman–Crippen LogP) is 3.05. The molecule has 0 radical (unpaired) electrons. The summed E-state index contributed by atoms with van der Waals surface area (Å²) < 4.78 is 5.98. The van der Waals surface area contributed by atoms with E-state index < -0.39 is 0 Å². The highest BCUT2D eigenvalue weighted by atomic mass is 16.5. The van der Waals surface area contributed by atoms with Crippen molar-refractivity contribution >= 4 is 10.9 Å². The van der Waals surface area contributed by atoms with Gasteiger partial charge in [-0.15, -0.1) is 0 Å². The number of rotatable bonds is 5. The monoisotopic (exact) mass is 258 g/mol. The summed E-state index contributed by atoms with van der Waals surface area (Å²) >= 11 is 0. The normalized spacial score (nSPS) is 11.2. The molecule has 0 N–H and O–H groups in total. The van der Waals surface area contributed by atoms with Gasteiger partial charge in [-0.3, -0.25) is 4.98 Å². The molecule has 0 spiro atoms. The Kier molecular flexibility index (Phi) is 4.38. The molecule has 3 heteroatoms. The third-order valence-electron chi connectivity index (χ3n) is 3.28. The molecule has 0 aliphatic carbocycles. The summed E-state index contributed by atoms with van der Waals surface area (Å²) in [6.07, 6.45) is 2.90. The Bertz CT molecular complexity index is 564. The predicted molar refractivity (Wildman–Crippen MR) is 79.9 cm³/mol. The van der Waals surface area contributed by atoms with Crippen molar-refractivity contribution in [2.24, 2.45) is 0 Å². The van der Waals surface area contributed by atoms with Crippen LogP contribution in [-0.4, -0.2) is 37.1 Å². The van der Waals surface area contributed by atoms with E-state index in [1.54, 1.807) is 0 Å². The van der Waals surface area contributed by atoms with E-state index in [1.807, 2.05) is 6.20 Å². The molecule has 0 amide bonds. The van der Waals surface area contributed by atoms with E-state index in [4.69, 9.17) is 4.74 Å². The first-order valence-electron chi connectivity index (χ1n) is 6.78. The summed E-state index contributed by atoms with van der Waals surface area (Å²) in [5, 5.41) is 1.12. The Balaban J connectivity index is 2.38. The SMILES string of the molecule is CCc1cccc2c(OCCN(C)C)c(C)cnc12. The van der Waals surface area contributed by atoms with Crippen LogP contribution >= 0.6 is 0 Å². The van der Waals surface area contributed by atoms with Crippen LogP contribution in [0.2, 0.25) is 0 Å². The fourth-order valence-electron chi connectivity index (χ4n) is 2.17. The van der Waals surface area contributed by atoms with E-state index in [-0.39, 0.29) is 0 Å². The Labute approximate surface area is 115 Å². The molecular weight excluding hydrogens is 236 g/mol. The third kappa shape index (κ3) is 3.04. The Morgan fingerprint density at radius 3 is 2.74 bits per heavy atom. The van der Waals surface area contributed by atoms with Gasteiger partial charge in [-0.25, -0.2) is 0 Å². The van der Waals surface area contributed by atoms with Gasteiger partial charge >= 0.3 is 0 Å². The van der Waals surface area contributed by atoms with Gasteiger partial charge in [0.2, 0.25) is 0 Å². The smallest absolute Gasteiger partial charge is 0.133 e. The van der Waals surface area contributed by atoms with Crippen molar-refractivity contribution in [2.75, 3.05) is 27.2 Å². The first-order valence-corrected chi connectivity index (χ1v) is 6.78. The lowest BCUT2D eigenvalue weighted by Gasteiger charge is -2.15. The quantitative estimate of drug-likeness (QED) is 0.824. The van der Waals surface area contributed by atoms with E-state index >= 15 is 0 Å². The first-order chi connectivity index (χ1) is 9.13. The fraction of sp³-hybridized carbons (Fsp3) is 0.438. The van der Waals surface area contributed by atoms with Crippen LogP contribution in [0, 0.1) is 6.92 Å². The molecule has 3 nitrogen and oxygen atoms in total. The Morgan fingerprint density at radius 1 is 1.26 bits per heavy atom. The summed E-state index contributed by atoms with van der Waals surface area (Å²) in [4.78, 5) is 6.69. The zero-order chi connectivity index (χ0) is 13.8. The van der Waals surface area contributed by atoms with Crippen molar-refractivity contribution in [3.05, 3.63) is 35.5 Å². The second kappa shape index (κ2) is 6.02. The topological polar surface area (TPSA) is 25.4 Å². The number of hydrogen-bond donors (Lipinski definition) is 0. The third-order valence-corrected chi connectivity index (χ3v) is 3.28. The van der Waals surface area contributed by atoms with E-state index in [1.165, 1.54) is 5.56 Å². The molecule has 0 aliphatic rings. The summed E-state index contributed by atoms with van der Waals surface area (Å²) in [5.74, 6) is 0.974. The lowest BCUT2D eigenvalue weighted by molar-refractivity contribution is 0.262. The van der Waals surface area contributed by atoms with E-state index in [2.05, 4.69) is 56.0 Å². The molecule has 0 unspecified atom stereocenters. The van der Waals surface area contributed by atoms with Crippen molar-refractivity contribution in [3.8, 4) is 5.75 Å². The summed E-state index contributed by atoms with van der Waals surface area (Å²) in [6, 6.07) is 6.31. The highest BCUT2D eigenvalue weighted by Crippen LogP contribution is 2.29. The number of fused-ring (bicyclic) bond motifs is 1. The van der Waals surface area contributed by atoms with Crippen LogP contribution in [0.5, 0.6) is 5.75 Å². The second-order valence-corrected chi connectivity index (χ2v) is 5.09. The summed E-state index contributed by atoms with van der Waals surface area (Å²) in [6.45, 7) is 5.82. The van der Waals surface area contributed by atoms with Crippen molar-refractivity contribution in [1.82, 2.24) is 9.88 Å².